The van der Waals surface area contributed by atoms with E-state index in [2.05, 4.69) is 4.98 Å². The van der Waals surface area contributed by atoms with Gasteiger partial charge in [-0.1, -0.05) is 42.5 Å². The first kappa shape index (κ1) is 28.4. The van der Waals surface area contributed by atoms with Crippen molar-refractivity contribution in [2.24, 2.45) is 0 Å². The first-order valence-corrected chi connectivity index (χ1v) is 13.3. The van der Waals surface area contributed by atoms with Crippen LogP contribution in [0.1, 0.15) is 16.7 Å². The Morgan fingerprint density at radius 3 is 2.05 bits per heavy atom. The molecule has 11 atom stereocenters. The Bertz CT molecular complexity index is 1180. The molecule has 0 unspecified atom stereocenters. The van der Waals surface area contributed by atoms with Crippen LogP contribution in [-0.4, -0.2) is 115 Å². The summed E-state index contributed by atoms with van der Waals surface area (Å²) in [5.41, 5.74) is 1.50. The second-order valence-corrected chi connectivity index (χ2v) is 10.6. The third-order valence-corrected chi connectivity index (χ3v) is 7.93. The molecule has 3 aromatic rings. The highest BCUT2D eigenvalue weighted by molar-refractivity contribution is 7.18. The van der Waals surface area contributed by atoms with E-state index in [1.165, 1.54) is 11.3 Å². The van der Waals surface area contributed by atoms with Crippen molar-refractivity contribution in [1.29, 1.82) is 0 Å². The van der Waals surface area contributed by atoms with E-state index in [4.69, 9.17) is 18.9 Å². The van der Waals surface area contributed by atoms with Gasteiger partial charge in [0.1, 0.15) is 59.9 Å². The molecule has 12 nitrogen and oxygen atoms in total. The van der Waals surface area contributed by atoms with Crippen LogP contribution in [0, 0.1) is 0 Å². The highest BCUT2D eigenvalue weighted by atomic mass is 32.1. The highest BCUT2D eigenvalue weighted by Crippen LogP contribution is 2.36. The molecule has 13 heteroatoms. The predicted molar refractivity (Wildman–Crippen MR) is 135 cm³/mol. The van der Waals surface area contributed by atoms with Crippen LogP contribution in [0.3, 0.4) is 0 Å². The maximum Gasteiger partial charge on any atom is 0.187 e. The van der Waals surface area contributed by atoms with Crippen molar-refractivity contribution in [3.63, 3.8) is 0 Å². The Morgan fingerprint density at radius 2 is 1.36 bits per heavy atom. The molecule has 2 aliphatic heterocycles. The summed E-state index contributed by atoms with van der Waals surface area (Å²) in [6.07, 6.45) is -15.9. The second kappa shape index (κ2) is 12.2. The molecular weight excluding hydrogens is 534 g/mol. The van der Waals surface area contributed by atoms with E-state index in [0.717, 1.165) is 15.8 Å². The van der Waals surface area contributed by atoms with Crippen molar-refractivity contribution in [2.75, 3.05) is 13.2 Å². The standard InChI is InChI=1S/C26H31NO11S/c28-10-14-17(29)19(31)21(33)25(36-14)35-11-15-18(30)20(32)22(34)26(37-15)38-23(12-6-2-1-3-7-12)24-27-13-8-4-5-9-16(13)39-24/h1-9,14-15,17-23,25-26,28-34H,10-11H2/t14-,15-,17-,18-,19+,20+,21-,22-,23+,25-,26+/m1/s1. The smallest absolute Gasteiger partial charge is 0.187 e. The highest BCUT2D eigenvalue weighted by Gasteiger charge is 2.48. The van der Waals surface area contributed by atoms with Crippen LogP contribution in [-0.2, 0) is 18.9 Å². The van der Waals surface area contributed by atoms with Crippen molar-refractivity contribution in [1.82, 2.24) is 4.98 Å². The monoisotopic (exact) mass is 565 g/mol. The minimum absolute atomic E-state index is 0.454. The van der Waals surface area contributed by atoms with Gasteiger partial charge >= 0.3 is 0 Å². The van der Waals surface area contributed by atoms with Gasteiger partial charge in [0.2, 0.25) is 0 Å². The molecule has 0 aliphatic carbocycles. The number of para-hydroxylation sites is 1. The van der Waals surface area contributed by atoms with E-state index < -0.39 is 80.7 Å². The van der Waals surface area contributed by atoms with Gasteiger partial charge in [-0.15, -0.1) is 11.3 Å². The Hall–Kier alpha value is -2.11. The third kappa shape index (κ3) is 5.86. The van der Waals surface area contributed by atoms with Crippen LogP contribution in [0.4, 0.5) is 0 Å². The van der Waals surface area contributed by atoms with E-state index in [9.17, 15) is 35.7 Å². The summed E-state index contributed by atoms with van der Waals surface area (Å²) in [6, 6.07) is 16.7. The average molecular weight is 566 g/mol. The lowest BCUT2D eigenvalue weighted by Crippen LogP contribution is -2.61. The zero-order chi connectivity index (χ0) is 27.7. The van der Waals surface area contributed by atoms with E-state index >= 15 is 0 Å². The maximum atomic E-state index is 10.7. The van der Waals surface area contributed by atoms with Gasteiger partial charge in [-0.2, -0.15) is 0 Å². The Morgan fingerprint density at radius 1 is 0.744 bits per heavy atom. The molecule has 3 heterocycles. The van der Waals surface area contributed by atoms with E-state index in [-0.39, 0.29) is 0 Å². The molecule has 5 rings (SSSR count). The van der Waals surface area contributed by atoms with Crippen molar-refractivity contribution >= 4 is 21.6 Å². The Kier molecular flexibility index (Phi) is 8.88. The quantitative estimate of drug-likeness (QED) is 0.177. The SMILES string of the molecule is OC[C@H]1O[C@@H](OC[C@H]2O[C@@H](O[C@@H](c3ccccc3)c3nc4ccccc4s3)[C@H](O)[C@@H](O)[C@@H]2O)[C@H](O)[C@@H](O)[C@@H]1O. The molecule has 2 saturated heterocycles. The number of aromatic nitrogens is 1. The number of aliphatic hydroxyl groups is 7. The van der Waals surface area contributed by atoms with Crippen LogP contribution in [0.15, 0.2) is 54.6 Å². The first-order chi connectivity index (χ1) is 18.8. The summed E-state index contributed by atoms with van der Waals surface area (Å²) in [7, 11) is 0. The molecule has 2 aromatic carbocycles. The average Bonchev–Trinajstić information content (AvgIpc) is 3.39. The molecule has 39 heavy (non-hydrogen) atoms. The summed E-state index contributed by atoms with van der Waals surface area (Å²) in [5, 5.41) is 72.0. The Balaban J connectivity index is 1.34. The topological polar surface area (TPSA) is 191 Å². The molecule has 2 aliphatic rings. The number of hydrogen-bond acceptors (Lipinski definition) is 13. The van der Waals surface area contributed by atoms with Crippen molar-refractivity contribution < 1.29 is 54.7 Å². The Labute approximate surface area is 227 Å². The lowest BCUT2D eigenvalue weighted by Gasteiger charge is -2.43. The molecule has 212 valence electrons. The fourth-order valence-electron chi connectivity index (χ4n) is 4.60. The molecule has 1 aromatic heterocycles. The number of aliphatic hydroxyl groups excluding tert-OH is 7. The molecular formula is C26H31NO11S. The van der Waals surface area contributed by atoms with Gasteiger partial charge in [-0.25, -0.2) is 4.98 Å². The molecule has 0 spiro atoms. The van der Waals surface area contributed by atoms with Crippen molar-refractivity contribution in [3.8, 4) is 0 Å². The van der Waals surface area contributed by atoms with Crippen LogP contribution in [0.2, 0.25) is 0 Å². The molecule has 0 saturated carbocycles. The number of ether oxygens (including phenoxy) is 4. The molecule has 7 N–H and O–H groups in total. The lowest BCUT2D eigenvalue weighted by atomic mass is 9.98. The van der Waals surface area contributed by atoms with Gasteiger partial charge in [0, 0.05) is 0 Å². The van der Waals surface area contributed by atoms with Gasteiger partial charge in [0.25, 0.3) is 0 Å². The van der Waals surface area contributed by atoms with Gasteiger partial charge in [0.15, 0.2) is 12.6 Å². The van der Waals surface area contributed by atoms with E-state index in [1.54, 1.807) is 0 Å². The number of benzene rings is 2. The zero-order valence-electron chi connectivity index (χ0n) is 20.6. The van der Waals surface area contributed by atoms with Gasteiger partial charge in [0.05, 0.1) is 23.4 Å². The summed E-state index contributed by atoms with van der Waals surface area (Å²) in [5.74, 6) is 0. The van der Waals surface area contributed by atoms with Gasteiger partial charge < -0.3 is 54.7 Å². The summed E-state index contributed by atoms with van der Waals surface area (Å²) < 4.78 is 23.8. The fourth-order valence-corrected chi connectivity index (χ4v) is 5.64. The van der Waals surface area contributed by atoms with Crippen molar-refractivity contribution in [2.45, 2.75) is 67.5 Å². The largest absolute Gasteiger partial charge is 0.394 e. The minimum atomic E-state index is -1.67. The van der Waals surface area contributed by atoms with E-state index in [0.29, 0.717) is 5.01 Å². The third-order valence-electron chi connectivity index (χ3n) is 6.85. The van der Waals surface area contributed by atoms with Gasteiger partial charge in [-0.05, 0) is 17.7 Å². The molecule has 0 radical (unpaired) electrons. The summed E-state index contributed by atoms with van der Waals surface area (Å²) >= 11 is 1.41. The molecule has 0 bridgehead atoms. The maximum absolute atomic E-state index is 10.7. The van der Waals surface area contributed by atoms with E-state index in [1.807, 2.05) is 54.6 Å². The second-order valence-electron chi connectivity index (χ2n) is 9.49. The normalized spacial score (nSPS) is 36.2. The number of hydrogen-bond donors (Lipinski definition) is 7. The van der Waals surface area contributed by atoms with Crippen LogP contribution in [0.25, 0.3) is 10.2 Å². The van der Waals surface area contributed by atoms with Crippen molar-refractivity contribution in [3.05, 3.63) is 65.2 Å². The number of fused-ring (bicyclic) bond motifs is 1. The van der Waals surface area contributed by atoms with Crippen LogP contribution >= 0.6 is 11.3 Å². The van der Waals surface area contributed by atoms with Crippen LogP contribution < -0.4 is 0 Å². The predicted octanol–water partition coefficient (Wildman–Crippen LogP) is -0.974. The molecule has 0 amide bonds. The summed E-state index contributed by atoms with van der Waals surface area (Å²) in [4.78, 5) is 4.68. The zero-order valence-corrected chi connectivity index (χ0v) is 21.4. The van der Waals surface area contributed by atoms with Crippen LogP contribution in [0.5, 0.6) is 0 Å². The number of rotatable bonds is 8. The summed E-state index contributed by atoms with van der Waals surface area (Å²) in [6.45, 7) is -1.09. The first-order valence-electron chi connectivity index (χ1n) is 12.5. The van der Waals surface area contributed by atoms with Gasteiger partial charge in [-0.3, -0.25) is 0 Å². The molecule has 2 fully saturated rings. The lowest BCUT2D eigenvalue weighted by molar-refractivity contribution is -0.334. The number of nitrogens with zero attached hydrogens (tertiary/aromatic N) is 1. The minimum Gasteiger partial charge on any atom is -0.394 e. The number of thiazole rings is 1. The fraction of sp³-hybridized carbons (Fsp3) is 0.500.